The van der Waals surface area contributed by atoms with Crippen molar-refractivity contribution in [3.63, 3.8) is 0 Å². The number of aryl methyl sites for hydroxylation is 1. The van der Waals surface area contributed by atoms with Gasteiger partial charge in [-0.25, -0.2) is 0 Å². The molecule has 1 atom stereocenters. The Balaban J connectivity index is 3.04. The summed E-state index contributed by atoms with van der Waals surface area (Å²) in [4.78, 5) is 0. The standard InChI is InChI=1S/C11H14N2/c1-8-6-10(9(2)13-3)4-5-11(8)7-12/h4-6,9,13H,1-3H3. The summed E-state index contributed by atoms with van der Waals surface area (Å²) >= 11 is 0. The summed E-state index contributed by atoms with van der Waals surface area (Å²) in [5.41, 5.74) is 3.02. The van der Waals surface area contributed by atoms with E-state index in [1.807, 2.05) is 26.1 Å². The van der Waals surface area contributed by atoms with E-state index < -0.39 is 0 Å². The molecule has 1 aromatic rings. The van der Waals surface area contributed by atoms with Crippen molar-refractivity contribution in [3.05, 3.63) is 34.9 Å². The van der Waals surface area contributed by atoms with Gasteiger partial charge in [0.2, 0.25) is 0 Å². The Labute approximate surface area is 79.2 Å². The maximum Gasteiger partial charge on any atom is 0.0994 e. The third-order valence-electron chi connectivity index (χ3n) is 2.30. The van der Waals surface area contributed by atoms with E-state index >= 15 is 0 Å². The minimum absolute atomic E-state index is 0.339. The van der Waals surface area contributed by atoms with Crippen LogP contribution in [-0.2, 0) is 0 Å². The molecule has 0 saturated heterocycles. The first-order valence-electron chi connectivity index (χ1n) is 4.37. The van der Waals surface area contributed by atoms with Crippen molar-refractivity contribution in [1.29, 1.82) is 5.26 Å². The zero-order valence-corrected chi connectivity index (χ0v) is 8.26. The van der Waals surface area contributed by atoms with Gasteiger partial charge in [-0.2, -0.15) is 5.26 Å². The van der Waals surface area contributed by atoms with Gasteiger partial charge in [0.1, 0.15) is 0 Å². The quantitative estimate of drug-likeness (QED) is 0.745. The average Bonchev–Trinajstić information content (AvgIpc) is 2.16. The van der Waals surface area contributed by atoms with Crippen molar-refractivity contribution < 1.29 is 0 Å². The highest BCUT2D eigenvalue weighted by Crippen LogP contribution is 2.15. The van der Waals surface area contributed by atoms with E-state index in [0.717, 1.165) is 11.1 Å². The average molecular weight is 174 g/mol. The largest absolute Gasteiger partial charge is 0.313 e. The van der Waals surface area contributed by atoms with Crippen LogP contribution >= 0.6 is 0 Å². The molecule has 0 fully saturated rings. The Bertz CT molecular complexity index is 336. The Hall–Kier alpha value is -1.33. The highest BCUT2D eigenvalue weighted by atomic mass is 14.8. The molecule has 2 nitrogen and oxygen atoms in total. The fraction of sp³-hybridized carbons (Fsp3) is 0.364. The zero-order chi connectivity index (χ0) is 9.84. The lowest BCUT2D eigenvalue weighted by Crippen LogP contribution is -2.12. The van der Waals surface area contributed by atoms with Crippen LogP contribution in [0.5, 0.6) is 0 Å². The summed E-state index contributed by atoms with van der Waals surface area (Å²) in [5, 5.41) is 11.9. The molecule has 0 aliphatic carbocycles. The molecule has 0 aliphatic rings. The summed E-state index contributed by atoms with van der Waals surface area (Å²) in [6.45, 7) is 4.06. The molecule has 13 heavy (non-hydrogen) atoms. The van der Waals surface area contributed by atoms with Gasteiger partial charge >= 0.3 is 0 Å². The molecule has 0 bridgehead atoms. The molecule has 2 heteroatoms. The van der Waals surface area contributed by atoms with Gasteiger partial charge < -0.3 is 5.32 Å². The molecule has 1 N–H and O–H groups in total. The van der Waals surface area contributed by atoms with Gasteiger partial charge in [-0.05, 0) is 38.1 Å². The Morgan fingerprint density at radius 1 is 1.46 bits per heavy atom. The number of hydrogen-bond acceptors (Lipinski definition) is 2. The summed E-state index contributed by atoms with van der Waals surface area (Å²) in [7, 11) is 1.93. The van der Waals surface area contributed by atoms with E-state index in [-0.39, 0.29) is 0 Å². The van der Waals surface area contributed by atoms with E-state index in [2.05, 4.69) is 24.4 Å². The fourth-order valence-corrected chi connectivity index (χ4v) is 1.25. The number of nitrogens with one attached hydrogen (secondary N) is 1. The van der Waals surface area contributed by atoms with Gasteiger partial charge in [0.25, 0.3) is 0 Å². The number of rotatable bonds is 2. The smallest absolute Gasteiger partial charge is 0.0994 e. The summed E-state index contributed by atoms with van der Waals surface area (Å²) in [6, 6.07) is 8.42. The van der Waals surface area contributed by atoms with Crippen LogP contribution in [0.4, 0.5) is 0 Å². The first kappa shape index (κ1) is 9.76. The van der Waals surface area contributed by atoms with Gasteiger partial charge in [-0.15, -0.1) is 0 Å². The van der Waals surface area contributed by atoms with Crippen molar-refractivity contribution in [1.82, 2.24) is 5.32 Å². The van der Waals surface area contributed by atoms with Crippen LogP contribution in [0.1, 0.15) is 29.7 Å². The molecule has 0 aliphatic heterocycles. The molecular weight excluding hydrogens is 160 g/mol. The SMILES string of the molecule is CNC(C)c1ccc(C#N)c(C)c1. The van der Waals surface area contributed by atoms with Crippen LogP contribution in [0.25, 0.3) is 0 Å². The van der Waals surface area contributed by atoms with E-state index in [1.165, 1.54) is 5.56 Å². The lowest BCUT2D eigenvalue weighted by molar-refractivity contribution is 0.652. The second kappa shape index (κ2) is 4.06. The number of hydrogen-bond donors (Lipinski definition) is 1. The van der Waals surface area contributed by atoms with Gasteiger partial charge in [0, 0.05) is 6.04 Å². The molecular formula is C11H14N2. The monoisotopic (exact) mass is 174 g/mol. The molecule has 0 saturated carbocycles. The maximum absolute atomic E-state index is 8.74. The third-order valence-corrected chi connectivity index (χ3v) is 2.30. The number of benzene rings is 1. The highest BCUT2D eigenvalue weighted by Gasteiger charge is 2.04. The molecule has 68 valence electrons. The summed E-state index contributed by atoms with van der Waals surface area (Å²) < 4.78 is 0. The van der Waals surface area contributed by atoms with Crippen LogP contribution in [0, 0.1) is 18.3 Å². The van der Waals surface area contributed by atoms with Crippen molar-refractivity contribution in [3.8, 4) is 6.07 Å². The second-order valence-electron chi connectivity index (χ2n) is 3.20. The van der Waals surface area contributed by atoms with Gasteiger partial charge in [-0.1, -0.05) is 12.1 Å². The summed E-state index contributed by atoms with van der Waals surface area (Å²) in [6.07, 6.45) is 0. The summed E-state index contributed by atoms with van der Waals surface area (Å²) in [5.74, 6) is 0. The molecule has 0 spiro atoms. The van der Waals surface area contributed by atoms with Crippen molar-refractivity contribution in [2.75, 3.05) is 7.05 Å². The Kier molecular flexibility index (Phi) is 3.05. The van der Waals surface area contributed by atoms with Gasteiger partial charge in [-0.3, -0.25) is 0 Å². The Morgan fingerprint density at radius 3 is 2.62 bits per heavy atom. The van der Waals surface area contributed by atoms with Gasteiger partial charge in [0.05, 0.1) is 11.6 Å². The van der Waals surface area contributed by atoms with Crippen LogP contribution in [0.3, 0.4) is 0 Å². The molecule has 0 radical (unpaired) electrons. The van der Waals surface area contributed by atoms with Crippen molar-refractivity contribution in [2.24, 2.45) is 0 Å². The number of nitrogens with zero attached hydrogens (tertiary/aromatic N) is 1. The van der Waals surface area contributed by atoms with Crippen molar-refractivity contribution in [2.45, 2.75) is 19.9 Å². The third kappa shape index (κ3) is 2.07. The predicted molar refractivity (Wildman–Crippen MR) is 53.4 cm³/mol. The van der Waals surface area contributed by atoms with Crippen molar-refractivity contribution >= 4 is 0 Å². The predicted octanol–water partition coefficient (Wildman–Crippen LogP) is 2.15. The molecule has 0 amide bonds. The number of nitriles is 1. The zero-order valence-electron chi connectivity index (χ0n) is 8.26. The first-order chi connectivity index (χ1) is 6.19. The van der Waals surface area contributed by atoms with Crippen LogP contribution in [-0.4, -0.2) is 7.05 Å². The maximum atomic E-state index is 8.74. The van der Waals surface area contributed by atoms with E-state index in [0.29, 0.717) is 6.04 Å². The fourth-order valence-electron chi connectivity index (χ4n) is 1.25. The molecule has 1 aromatic carbocycles. The second-order valence-corrected chi connectivity index (χ2v) is 3.20. The lowest BCUT2D eigenvalue weighted by Gasteiger charge is -2.11. The van der Waals surface area contributed by atoms with E-state index in [1.54, 1.807) is 0 Å². The van der Waals surface area contributed by atoms with E-state index in [9.17, 15) is 0 Å². The first-order valence-corrected chi connectivity index (χ1v) is 4.37. The van der Waals surface area contributed by atoms with Crippen LogP contribution < -0.4 is 5.32 Å². The molecule has 0 heterocycles. The van der Waals surface area contributed by atoms with E-state index in [4.69, 9.17) is 5.26 Å². The normalized spacial score (nSPS) is 12.2. The Morgan fingerprint density at radius 2 is 2.15 bits per heavy atom. The van der Waals surface area contributed by atoms with Crippen LogP contribution in [0.15, 0.2) is 18.2 Å². The van der Waals surface area contributed by atoms with Crippen LogP contribution in [0.2, 0.25) is 0 Å². The lowest BCUT2D eigenvalue weighted by atomic mass is 10.0. The minimum Gasteiger partial charge on any atom is -0.313 e. The molecule has 0 aromatic heterocycles. The highest BCUT2D eigenvalue weighted by molar-refractivity contribution is 5.40. The van der Waals surface area contributed by atoms with Gasteiger partial charge in [0.15, 0.2) is 0 Å². The molecule has 1 unspecified atom stereocenters. The molecule has 1 rings (SSSR count). The minimum atomic E-state index is 0.339. The topological polar surface area (TPSA) is 35.8 Å².